The van der Waals surface area contributed by atoms with Crippen molar-refractivity contribution in [3.63, 3.8) is 0 Å². The molecular weight excluding hydrogens is 308 g/mol. The van der Waals surface area contributed by atoms with Gasteiger partial charge < -0.3 is 9.64 Å². The van der Waals surface area contributed by atoms with Crippen LogP contribution in [0.1, 0.15) is 31.7 Å². The Morgan fingerprint density at radius 3 is 2.81 bits per heavy atom. The summed E-state index contributed by atoms with van der Waals surface area (Å²) < 4.78 is 6.48. The van der Waals surface area contributed by atoms with E-state index >= 15 is 0 Å². The van der Waals surface area contributed by atoms with E-state index in [-0.39, 0.29) is 6.09 Å². The summed E-state index contributed by atoms with van der Waals surface area (Å²) in [5, 5.41) is 1.76. The Bertz CT molecular complexity index is 687. The first-order chi connectivity index (χ1) is 9.82. The van der Waals surface area contributed by atoms with Crippen LogP contribution in [0, 0.1) is 0 Å². The molecule has 1 fully saturated rings. The fraction of sp³-hybridized carbons (Fsp3) is 0.467. The van der Waals surface area contributed by atoms with Crippen LogP contribution in [-0.4, -0.2) is 34.7 Å². The average molecular weight is 325 g/mol. The summed E-state index contributed by atoms with van der Waals surface area (Å²) in [5.41, 5.74) is 0.479. The van der Waals surface area contributed by atoms with Crippen LogP contribution in [0.4, 0.5) is 4.79 Å². The number of halogens is 1. The number of fused-ring (bicyclic) bond motifs is 1. The van der Waals surface area contributed by atoms with Crippen molar-refractivity contribution < 1.29 is 9.53 Å². The Morgan fingerprint density at radius 1 is 1.43 bits per heavy atom. The summed E-state index contributed by atoms with van der Waals surface area (Å²) in [5.74, 6) is 0.300. The van der Waals surface area contributed by atoms with Gasteiger partial charge in [0.05, 0.1) is 10.2 Å². The second-order valence-corrected chi connectivity index (χ2v) is 7.75. The van der Waals surface area contributed by atoms with Gasteiger partial charge in [-0.25, -0.2) is 9.78 Å². The molecule has 1 amide bonds. The smallest absolute Gasteiger partial charge is 0.410 e. The summed E-state index contributed by atoms with van der Waals surface area (Å²) in [6, 6.07) is 5.74. The van der Waals surface area contributed by atoms with Crippen molar-refractivity contribution in [2.24, 2.45) is 0 Å². The Morgan fingerprint density at radius 2 is 2.14 bits per heavy atom. The lowest BCUT2D eigenvalue weighted by Gasteiger charge is -2.38. The highest BCUT2D eigenvalue weighted by molar-refractivity contribution is 7.18. The Balaban J connectivity index is 1.66. The van der Waals surface area contributed by atoms with Gasteiger partial charge in [-0.05, 0) is 39.0 Å². The van der Waals surface area contributed by atoms with Crippen LogP contribution in [0.2, 0.25) is 5.02 Å². The summed E-state index contributed by atoms with van der Waals surface area (Å²) in [6.07, 6.45) is -0.247. The van der Waals surface area contributed by atoms with E-state index in [2.05, 4.69) is 4.98 Å². The molecule has 4 nitrogen and oxygen atoms in total. The second-order valence-electron chi connectivity index (χ2n) is 6.25. The van der Waals surface area contributed by atoms with Crippen molar-refractivity contribution in [2.75, 3.05) is 13.1 Å². The molecule has 0 atom stereocenters. The molecule has 3 rings (SSSR count). The van der Waals surface area contributed by atoms with E-state index in [0.29, 0.717) is 24.0 Å². The van der Waals surface area contributed by atoms with Crippen molar-refractivity contribution in [1.29, 1.82) is 0 Å². The third-order valence-corrected chi connectivity index (χ3v) is 4.68. The van der Waals surface area contributed by atoms with Gasteiger partial charge in [-0.3, -0.25) is 0 Å². The summed E-state index contributed by atoms with van der Waals surface area (Å²) >= 11 is 7.65. The summed E-state index contributed by atoms with van der Waals surface area (Å²) in [6.45, 7) is 6.96. The van der Waals surface area contributed by atoms with E-state index < -0.39 is 5.60 Å². The first kappa shape index (κ1) is 14.6. The van der Waals surface area contributed by atoms with Crippen molar-refractivity contribution in [3.8, 4) is 0 Å². The number of hydrogen-bond acceptors (Lipinski definition) is 4. The average Bonchev–Trinajstić information content (AvgIpc) is 2.66. The Kier molecular flexibility index (Phi) is 3.58. The molecule has 1 aromatic heterocycles. The molecule has 1 aromatic carbocycles. The van der Waals surface area contributed by atoms with Gasteiger partial charge in [0.25, 0.3) is 0 Å². The van der Waals surface area contributed by atoms with Gasteiger partial charge in [-0.2, -0.15) is 0 Å². The third-order valence-electron chi connectivity index (χ3n) is 3.25. The number of rotatable bonds is 1. The first-order valence-corrected chi connectivity index (χ1v) is 8.05. The van der Waals surface area contributed by atoms with Gasteiger partial charge in [0, 0.05) is 24.0 Å². The minimum absolute atomic E-state index is 0.247. The lowest BCUT2D eigenvalue weighted by molar-refractivity contribution is 0.00820. The highest BCUT2D eigenvalue weighted by Gasteiger charge is 2.36. The SMILES string of the molecule is CC(C)(C)OC(=O)N1CC(c2nc3cc(Cl)ccc3s2)C1. The van der Waals surface area contributed by atoms with Crippen LogP contribution >= 0.6 is 22.9 Å². The normalized spacial score (nSPS) is 16.1. The van der Waals surface area contributed by atoms with Gasteiger partial charge >= 0.3 is 6.09 Å². The highest BCUT2D eigenvalue weighted by atomic mass is 35.5. The molecule has 1 aliphatic heterocycles. The summed E-state index contributed by atoms with van der Waals surface area (Å²) in [4.78, 5) is 18.2. The Labute approximate surface area is 132 Å². The number of benzene rings is 1. The van der Waals surface area contributed by atoms with Gasteiger partial charge in [-0.15, -0.1) is 11.3 Å². The lowest BCUT2D eigenvalue weighted by Crippen LogP contribution is -2.50. The molecule has 0 N–H and O–H groups in total. The number of amides is 1. The molecule has 0 aliphatic carbocycles. The number of likely N-dealkylation sites (tertiary alicyclic amines) is 1. The quantitative estimate of drug-likeness (QED) is 0.786. The summed E-state index contributed by atoms with van der Waals surface area (Å²) in [7, 11) is 0. The van der Waals surface area contributed by atoms with Crippen LogP contribution < -0.4 is 0 Å². The minimum Gasteiger partial charge on any atom is -0.444 e. The largest absolute Gasteiger partial charge is 0.444 e. The van der Waals surface area contributed by atoms with E-state index in [1.54, 1.807) is 16.2 Å². The predicted molar refractivity (Wildman–Crippen MR) is 85.2 cm³/mol. The van der Waals surface area contributed by atoms with E-state index in [1.165, 1.54) is 0 Å². The minimum atomic E-state index is -0.450. The molecule has 112 valence electrons. The van der Waals surface area contributed by atoms with Crippen LogP contribution in [-0.2, 0) is 4.74 Å². The maximum atomic E-state index is 11.9. The fourth-order valence-corrected chi connectivity index (χ4v) is 3.40. The van der Waals surface area contributed by atoms with Crippen molar-refractivity contribution in [1.82, 2.24) is 9.88 Å². The maximum Gasteiger partial charge on any atom is 0.410 e. The number of thiazole rings is 1. The Hall–Kier alpha value is -1.33. The second kappa shape index (κ2) is 5.14. The maximum absolute atomic E-state index is 11.9. The van der Waals surface area contributed by atoms with Crippen molar-refractivity contribution in [2.45, 2.75) is 32.3 Å². The lowest BCUT2D eigenvalue weighted by atomic mass is 10.0. The van der Waals surface area contributed by atoms with Gasteiger partial charge in [0.2, 0.25) is 0 Å². The molecule has 1 saturated heterocycles. The molecule has 1 aliphatic rings. The van der Waals surface area contributed by atoms with Gasteiger partial charge in [0.15, 0.2) is 0 Å². The van der Waals surface area contributed by atoms with E-state index in [9.17, 15) is 4.79 Å². The van der Waals surface area contributed by atoms with Crippen LogP contribution in [0.15, 0.2) is 18.2 Å². The third kappa shape index (κ3) is 3.14. The number of nitrogens with zero attached hydrogens (tertiary/aromatic N) is 2. The van der Waals surface area contributed by atoms with Crippen LogP contribution in [0.25, 0.3) is 10.2 Å². The zero-order valence-corrected chi connectivity index (χ0v) is 13.8. The standard InChI is InChI=1S/C15H17ClN2O2S/c1-15(2,3)20-14(19)18-7-9(8-18)13-17-11-6-10(16)4-5-12(11)21-13/h4-6,9H,7-8H2,1-3H3. The van der Waals surface area contributed by atoms with E-state index in [0.717, 1.165) is 15.2 Å². The van der Waals surface area contributed by atoms with Crippen molar-refractivity contribution >= 4 is 39.2 Å². The molecule has 6 heteroatoms. The fourth-order valence-electron chi connectivity index (χ4n) is 2.20. The van der Waals surface area contributed by atoms with E-state index in [4.69, 9.17) is 16.3 Å². The zero-order chi connectivity index (χ0) is 15.2. The molecule has 0 bridgehead atoms. The first-order valence-electron chi connectivity index (χ1n) is 6.86. The van der Waals surface area contributed by atoms with E-state index in [1.807, 2.05) is 39.0 Å². The van der Waals surface area contributed by atoms with Gasteiger partial charge in [-0.1, -0.05) is 11.6 Å². The molecule has 2 heterocycles. The molecule has 2 aromatic rings. The number of carbonyl (C=O) groups is 1. The highest BCUT2D eigenvalue weighted by Crippen LogP contribution is 2.34. The number of carbonyl (C=O) groups excluding carboxylic acids is 1. The predicted octanol–water partition coefficient (Wildman–Crippen LogP) is 4.28. The van der Waals surface area contributed by atoms with Gasteiger partial charge in [0.1, 0.15) is 10.6 Å². The van der Waals surface area contributed by atoms with Crippen molar-refractivity contribution in [3.05, 3.63) is 28.2 Å². The monoisotopic (exact) mass is 324 g/mol. The zero-order valence-electron chi connectivity index (χ0n) is 12.2. The molecule has 0 unspecified atom stereocenters. The molecule has 0 saturated carbocycles. The van der Waals surface area contributed by atoms with Crippen LogP contribution in [0.3, 0.4) is 0 Å². The number of hydrogen-bond donors (Lipinski definition) is 0. The number of aromatic nitrogens is 1. The topological polar surface area (TPSA) is 42.4 Å². The van der Waals surface area contributed by atoms with Crippen LogP contribution in [0.5, 0.6) is 0 Å². The molecule has 0 radical (unpaired) electrons. The number of ether oxygens (including phenoxy) is 1. The molecular formula is C15H17ClN2O2S. The molecule has 21 heavy (non-hydrogen) atoms. The molecule has 0 spiro atoms.